The number of aldehydes is 1. The average molecular weight is 275 g/mol. The fourth-order valence-corrected chi connectivity index (χ4v) is 1.94. The number of hydrogen-bond donors (Lipinski definition) is 0. The molecule has 0 spiro atoms. The van der Waals surface area contributed by atoms with Gasteiger partial charge >= 0.3 is 0 Å². The predicted octanol–water partition coefficient (Wildman–Crippen LogP) is 4.06. The molecule has 2 aromatic rings. The second-order valence-electron chi connectivity index (χ2n) is 3.57. The van der Waals surface area contributed by atoms with Gasteiger partial charge in [-0.2, -0.15) is 0 Å². The Morgan fingerprint density at radius 1 is 1.00 bits per heavy atom. The van der Waals surface area contributed by atoms with Crippen LogP contribution in [0.5, 0.6) is 0 Å². The molecule has 0 unspecified atom stereocenters. The number of carbonyl (C=O) groups excluding carboxylic acids is 1. The Balaban J connectivity index is 2.38. The summed E-state index contributed by atoms with van der Waals surface area (Å²) in [5, 5.41) is 0.854. The van der Waals surface area contributed by atoms with E-state index in [2.05, 4.69) is 34.1 Å². The van der Waals surface area contributed by atoms with Gasteiger partial charge in [-0.05, 0) is 16.7 Å². The van der Waals surface area contributed by atoms with Gasteiger partial charge in [0.1, 0.15) is 6.29 Å². The van der Waals surface area contributed by atoms with Crippen LogP contribution in [0.4, 0.5) is 0 Å². The molecule has 2 heteroatoms. The van der Waals surface area contributed by atoms with Crippen LogP contribution < -0.4 is 0 Å². The number of rotatable bonds is 3. The number of halogens is 1. The van der Waals surface area contributed by atoms with Crippen molar-refractivity contribution in [2.75, 3.05) is 0 Å². The monoisotopic (exact) mass is 274 g/mol. The highest BCUT2D eigenvalue weighted by Crippen LogP contribution is 2.21. The van der Waals surface area contributed by atoms with Crippen LogP contribution in [0.25, 0.3) is 11.1 Å². The maximum atomic E-state index is 10.5. The second kappa shape index (κ2) is 5.08. The average Bonchev–Trinajstić information content (AvgIpc) is 2.39. The second-order valence-corrected chi connectivity index (χ2v) is 4.13. The first-order valence-electron chi connectivity index (χ1n) is 5.04. The quantitative estimate of drug-likeness (QED) is 0.609. The molecule has 0 radical (unpaired) electrons. The summed E-state index contributed by atoms with van der Waals surface area (Å²) in [6.07, 6.45) is 0.860. The van der Waals surface area contributed by atoms with Gasteiger partial charge < -0.3 is 0 Å². The molecule has 2 rings (SSSR count). The van der Waals surface area contributed by atoms with Crippen molar-refractivity contribution >= 4 is 22.2 Å². The minimum Gasteiger partial charge on any atom is -0.298 e. The third-order valence-corrected chi connectivity index (χ3v) is 3.11. The zero-order valence-corrected chi connectivity index (χ0v) is 10.3. The first kappa shape index (κ1) is 11.1. The van der Waals surface area contributed by atoms with E-state index in [-0.39, 0.29) is 0 Å². The number of hydrogen-bond acceptors (Lipinski definition) is 1. The summed E-state index contributed by atoms with van der Waals surface area (Å²) in [5.74, 6) is 0. The van der Waals surface area contributed by atoms with E-state index in [1.54, 1.807) is 0 Å². The van der Waals surface area contributed by atoms with E-state index >= 15 is 0 Å². The van der Waals surface area contributed by atoms with Crippen molar-refractivity contribution in [1.29, 1.82) is 0 Å². The third-order valence-electron chi connectivity index (χ3n) is 2.46. The van der Waals surface area contributed by atoms with Gasteiger partial charge in [0.25, 0.3) is 0 Å². The van der Waals surface area contributed by atoms with E-state index in [0.717, 1.165) is 17.2 Å². The molecule has 0 N–H and O–H groups in total. The summed E-state index contributed by atoms with van der Waals surface area (Å²) in [7, 11) is 0. The van der Waals surface area contributed by atoms with Crippen molar-refractivity contribution in [3.05, 3.63) is 59.7 Å². The van der Waals surface area contributed by atoms with E-state index in [0.29, 0.717) is 5.56 Å². The standard InChI is InChI=1S/C14H11BrO/c15-9-12-2-1-3-14(8-12)13-6-4-11(10-16)5-7-13/h1-8,10H,9H2. The van der Waals surface area contributed by atoms with Crippen molar-refractivity contribution < 1.29 is 4.79 Å². The molecule has 0 heterocycles. The van der Waals surface area contributed by atoms with Gasteiger partial charge in [-0.3, -0.25) is 4.79 Å². The van der Waals surface area contributed by atoms with E-state index < -0.39 is 0 Å². The van der Waals surface area contributed by atoms with E-state index in [1.807, 2.05) is 30.3 Å². The maximum absolute atomic E-state index is 10.5. The van der Waals surface area contributed by atoms with E-state index in [9.17, 15) is 4.79 Å². The van der Waals surface area contributed by atoms with Crippen molar-refractivity contribution in [2.45, 2.75) is 5.33 Å². The summed E-state index contributed by atoms with van der Waals surface area (Å²) in [4.78, 5) is 10.5. The van der Waals surface area contributed by atoms with Crippen LogP contribution in [0.3, 0.4) is 0 Å². The first-order valence-corrected chi connectivity index (χ1v) is 6.16. The van der Waals surface area contributed by atoms with Gasteiger partial charge in [0.05, 0.1) is 0 Å². The lowest BCUT2D eigenvalue weighted by Crippen LogP contribution is -1.83. The smallest absolute Gasteiger partial charge is 0.150 e. The topological polar surface area (TPSA) is 17.1 Å². The normalized spacial score (nSPS) is 10.1. The molecular formula is C14H11BrO. The highest BCUT2D eigenvalue weighted by Gasteiger charge is 1.98. The Morgan fingerprint density at radius 2 is 1.75 bits per heavy atom. The molecule has 0 saturated carbocycles. The van der Waals surface area contributed by atoms with Gasteiger partial charge in [-0.25, -0.2) is 0 Å². The molecule has 0 saturated heterocycles. The Hall–Kier alpha value is -1.41. The summed E-state index contributed by atoms with van der Waals surface area (Å²) in [6, 6.07) is 15.9. The molecule has 0 bridgehead atoms. The molecule has 1 nitrogen and oxygen atoms in total. The number of alkyl halides is 1. The van der Waals surface area contributed by atoms with E-state index in [4.69, 9.17) is 0 Å². The largest absolute Gasteiger partial charge is 0.298 e. The van der Waals surface area contributed by atoms with Gasteiger partial charge in [-0.15, -0.1) is 0 Å². The summed E-state index contributed by atoms with van der Waals surface area (Å²) in [5.41, 5.74) is 4.26. The SMILES string of the molecule is O=Cc1ccc(-c2cccc(CBr)c2)cc1. The molecule has 0 aliphatic carbocycles. The Labute approximate surface area is 103 Å². The van der Waals surface area contributed by atoms with Crippen LogP contribution in [0.2, 0.25) is 0 Å². The Kier molecular flexibility index (Phi) is 3.52. The number of carbonyl (C=O) groups is 1. The summed E-state index contributed by atoms with van der Waals surface area (Å²) >= 11 is 3.44. The molecule has 0 fully saturated rings. The Morgan fingerprint density at radius 3 is 2.38 bits per heavy atom. The molecule has 16 heavy (non-hydrogen) atoms. The van der Waals surface area contributed by atoms with Crippen molar-refractivity contribution in [1.82, 2.24) is 0 Å². The zero-order valence-electron chi connectivity index (χ0n) is 8.69. The first-order chi connectivity index (χ1) is 7.83. The Bertz CT molecular complexity index is 488. The van der Waals surface area contributed by atoms with E-state index in [1.165, 1.54) is 11.1 Å². The molecule has 0 aliphatic rings. The van der Waals surface area contributed by atoms with Crippen LogP contribution in [-0.2, 0) is 5.33 Å². The van der Waals surface area contributed by atoms with Gasteiger partial charge in [0.15, 0.2) is 0 Å². The minimum atomic E-state index is 0.709. The van der Waals surface area contributed by atoms with Crippen molar-refractivity contribution in [3.63, 3.8) is 0 Å². The lowest BCUT2D eigenvalue weighted by atomic mass is 10.0. The molecule has 0 amide bonds. The van der Waals surface area contributed by atoms with Crippen molar-refractivity contribution in [2.24, 2.45) is 0 Å². The molecular weight excluding hydrogens is 264 g/mol. The zero-order chi connectivity index (χ0) is 11.4. The third kappa shape index (κ3) is 2.39. The fraction of sp³-hybridized carbons (Fsp3) is 0.0714. The van der Waals surface area contributed by atoms with Crippen LogP contribution in [-0.4, -0.2) is 6.29 Å². The van der Waals surface area contributed by atoms with Crippen molar-refractivity contribution in [3.8, 4) is 11.1 Å². The highest BCUT2D eigenvalue weighted by molar-refractivity contribution is 9.08. The summed E-state index contributed by atoms with van der Waals surface area (Å²) in [6.45, 7) is 0. The lowest BCUT2D eigenvalue weighted by molar-refractivity contribution is 0.112. The van der Waals surface area contributed by atoms with Crippen LogP contribution in [0.1, 0.15) is 15.9 Å². The lowest BCUT2D eigenvalue weighted by Gasteiger charge is -2.03. The van der Waals surface area contributed by atoms with Crippen LogP contribution >= 0.6 is 15.9 Å². The minimum absolute atomic E-state index is 0.709. The van der Waals surface area contributed by atoms with Gasteiger partial charge in [0, 0.05) is 10.9 Å². The molecule has 2 aromatic carbocycles. The predicted molar refractivity (Wildman–Crippen MR) is 69.9 cm³/mol. The van der Waals surface area contributed by atoms with Gasteiger partial charge in [0.2, 0.25) is 0 Å². The molecule has 0 aromatic heterocycles. The van der Waals surface area contributed by atoms with Gasteiger partial charge in [-0.1, -0.05) is 64.5 Å². The fourth-order valence-electron chi connectivity index (χ4n) is 1.59. The molecule has 0 aliphatic heterocycles. The maximum Gasteiger partial charge on any atom is 0.150 e. The molecule has 80 valence electrons. The number of benzene rings is 2. The van der Waals surface area contributed by atoms with Crippen LogP contribution in [0.15, 0.2) is 48.5 Å². The summed E-state index contributed by atoms with van der Waals surface area (Å²) < 4.78 is 0. The van der Waals surface area contributed by atoms with Crippen LogP contribution in [0, 0.1) is 0 Å². The highest BCUT2D eigenvalue weighted by atomic mass is 79.9. The molecule has 0 atom stereocenters.